The van der Waals surface area contributed by atoms with Gasteiger partial charge >= 0.3 is 0 Å². The third kappa shape index (κ3) is 50.5. The van der Waals surface area contributed by atoms with E-state index in [-0.39, 0.29) is 16.5 Å². The summed E-state index contributed by atoms with van der Waals surface area (Å²) in [6.45, 7) is 9.23. The van der Waals surface area contributed by atoms with Gasteiger partial charge in [-0.3, -0.25) is 9.98 Å². The Morgan fingerprint density at radius 2 is 0.458 bits per heavy atom. The standard InChI is InChI=1S/C80H140N2.Ni/c1-5-9-13-15-17-19-21-23-25-27-29-31-33-35-37-39-41-43-45-47-49-51-53-55-57-59-61-67-75-69-63-65-73-77(75)81-79(71-11-7-3)80(72-12-8-4)82-78-74-66-64-70-76(78)68-62-60-58-56-54-52-50-48-46-44-42-40-38-36-34-32-30-28-26-24-22-20-18-16-14-10-6-2;/h55-58,63-66,69-70,73-74H,5-54,59-62,67-68,71-72H2,1-4H3;. The van der Waals surface area contributed by atoms with Crippen LogP contribution >= 0.6 is 0 Å². The second-order valence-corrected chi connectivity index (χ2v) is 25.7. The first-order valence-corrected chi connectivity index (χ1v) is 37.3. The van der Waals surface area contributed by atoms with Gasteiger partial charge in [0.1, 0.15) is 0 Å². The van der Waals surface area contributed by atoms with Gasteiger partial charge in [0, 0.05) is 16.5 Å². The molecule has 2 aromatic rings. The maximum Gasteiger partial charge on any atom is 0.0665 e. The van der Waals surface area contributed by atoms with Crippen molar-refractivity contribution in [2.24, 2.45) is 9.98 Å². The van der Waals surface area contributed by atoms with Crippen molar-refractivity contribution < 1.29 is 16.5 Å². The number of aliphatic imine (C=N–C) groups is 2. The minimum Gasteiger partial charge on any atom is -0.251 e. The average molecular weight is 1190 g/mol. The number of hydrogen-bond donors (Lipinski definition) is 0. The van der Waals surface area contributed by atoms with Crippen molar-refractivity contribution in [1.29, 1.82) is 0 Å². The van der Waals surface area contributed by atoms with Crippen LogP contribution < -0.4 is 0 Å². The Hall–Kier alpha value is -2.25. The molecule has 0 fully saturated rings. The molecule has 2 aromatic carbocycles. The molecule has 0 bridgehead atoms. The molecule has 3 heteroatoms. The van der Waals surface area contributed by atoms with Gasteiger partial charge in [-0.15, -0.1) is 0 Å². The van der Waals surface area contributed by atoms with Crippen molar-refractivity contribution in [3.05, 3.63) is 84.0 Å². The number of hydrogen-bond acceptors (Lipinski definition) is 2. The summed E-state index contributed by atoms with van der Waals surface area (Å²) in [7, 11) is 0. The predicted octanol–water partition coefficient (Wildman–Crippen LogP) is 28.7. The Labute approximate surface area is 530 Å². The molecule has 0 spiro atoms. The predicted molar refractivity (Wildman–Crippen MR) is 374 cm³/mol. The monoisotopic (exact) mass is 1190 g/mol. The normalized spacial score (nSPS) is 12.2. The number of benzene rings is 2. The molecule has 0 saturated heterocycles. The fourth-order valence-corrected chi connectivity index (χ4v) is 12.2. The van der Waals surface area contributed by atoms with Crippen LogP contribution in [0.25, 0.3) is 0 Å². The van der Waals surface area contributed by atoms with Crippen molar-refractivity contribution in [3.63, 3.8) is 0 Å². The Kier molecular flexibility index (Phi) is 61.0. The number of para-hydroxylation sites is 2. The first-order valence-electron chi connectivity index (χ1n) is 37.3. The summed E-state index contributed by atoms with van der Waals surface area (Å²) in [4.78, 5) is 11.0. The third-order valence-corrected chi connectivity index (χ3v) is 17.8. The maximum atomic E-state index is 5.52. The number of unbranched alkanes of at least 4 members (excludes halogenated alkanes) is 48. The minimum absolute atomic E-state index is 0. The fraction of sp³-hybridized carbons (Fsp3) is 0.775. The van der Waals surface area contributed by atoms with Gasteiger partial charge in [-0.2, -0.15) is 0 Å². The van der Waals surface area contributed by atoms with Gasteiger partial charge in [-0.05, 0) is 113 Å². The summed E-state index contributed by atoms with van der Waals surface area (Å²) in [5.41, 5.74) is 7.47. The van der Waals surface area contributed by atoms with E-state index < -0.39 is 0 Å². The zero-order valence-corrected chi connectivity index (χ0v) is 57.1. The van der Waals surface area contributed by atoms with Crippen molar-refractivity contribution in [2.75, 3.05) is 0 Å². The summed E-state index contributed by atoms with van der Waals surface area (Å²) in [5.74, 6) is 0. The third-order valence-electron chi connectivity index (χ3n) is 17.8. The van der Waals surface area contributed by atoms with Gasteiger partial charge in [-0.1, -0.05) is 371 Å². The van der Waals surface area contributed by atoms with Gasteiger partial charge in [-0.25, -0.2) is 0 Å². The molecule has 0 amide bonds. The van der Waals surface area contributed by atoms with E-state index in [1.165, 1.54) is 331 Å². The van der Waals surface area contributed by atoms with Gasteiger partial charge in [0.15, 0.2) is 0 Å². The first kappa shape index (κ1) is 78.8. The van der Waals surface area contributed by atoms with E-state index in [0.717, 1.165) is 75.6 Å². The Bertz CT molecular complexity index is 1630. The smallest absolute Gasteiger partial charge is 0.0665 e. The molecule has 83 heavy (non-hydrogen) atoms. The molecule has 0 aliphatic rings. The summed E-state index contributed by atoms with van der Waals surface area (Å²) in [5, 5.41) is 0. The van der Waals surface area contributed by atoms with E-state index in [1.54, 1.807) is 0 Å². The fourth-order valence-electron chi connectivity index (χ4n) is 12.2. The Morgan fingerprint density at radius 1 is 0.253 bits per heavy atom. The van der Waals surface area contributed by atoms with Crippen LogP contribution in [0.5, 0.6) is 0 Å². The van der Waals surface area contributed by atoms with Gasteiger partial charge in [0.25, 0.3) is 0 Å². The molecule has 480 valence electrons. The molecule has 0 aliphatic carbocycles. The van der Waals surface area contributed by atoms with E-state index in [9.17, 15) is 0 Å². The number of allylic oxidation sites excluding steroid dienone is 4. The van der Waals surface area contributed by atoms with Gasteiger partial charge < -0.3 is 0 Å². The van der Waals surface area contributed by atoms with Crippen molar-refractivity contribution in [1.82, 2.24) is 0 Å². The average Bonchev–Trinajstić information content (AvgIpc) is 3.54. The molecule has 2 nitrogen and oxygen atoms in total. The van der Waals surface area contributed by atoms with Crippen LogP contribution in [0.2, 0.25) is 0 Å². The molecular weight excluding hydrogens is 1050 g/mol. The topological polar surface area (TPSA) is 24.7 Å². The molecule has 0 N–H and O–H groups in total. The van der Waals surface area contributed by atoms with Crippen molar-refractivity contribution >= 4 is 22.8 Å². The summed E-state index contributed by atoms with van der Waals surface area (Å²) >= 11 is 0. The number of nitrogens with zero attached hydrogens (tertiary/aromatic N) is 2. The zero-order valence-electron chi connectivity index (χ0n) is 56.2. The molecule has 0 saturated carbocycles. The summed E-state index contributed by atoms with van der Waals surface area (Å²) in [6.07, 6.45) is 89.4. The quantitative estimate of drug-likeness (QED) is 0.0273. The van der Waals surface area contributed by atoms with Crippen LogP contribution in [-0.2, 0) is 29.3 Å². The van der Waals surface area contributed by atoms with Gasteiger partial charge in [0.2, 0.25) is 0 Å². The maximum absolute atomic E-state index is 5.52. The molecule has 0 heterocycles. The summed E-state index contributed by atoms with van der Waals surface area (Å²) < 4.78 is 0. The van der Waals surface area contributed by atoms with Crippen molar-refractivity contribution in [2.45, 2.75) is 400 Å². The number of aryl methyl sites for hydroxylation is 2. The molecule has 2 rings (SSSR count). The van der Waals surface area contributed by atoms with E-state index in [2.05, 4.69) is 101 Å². The molecule has 0 unspecified atom stereocenters. The molecule has 0 atom stereocenters. The Morgan fingerprint density at radius 3 is 0.699 bits per heavy atom. The Balaban J connectivity index is 0.0000344. The molecular formula is C80H140N2Ni. The van der Waals surface area contributed by atoms with Crippen molar-refractivity contribution in [3.8, 4) is 0 Å². The molecule has 0 aliphatic heterocycles. The van der Waals surface area contributed by atoms with Crippen LogP contribution in [0.4, 0.5) is 11.4 Å². The second kappa shape index (κ2) is 64.2. The van der Waals surface area contributed by atoms with E-state index >= 15 is 0 Å². The van der Waals surface area contributed by atoms with E-state index in [0.29, 0.717) is 0 Å². The molecule has 0 aromatic heterocycles. The van der Waals surface area contributed by atoms with Crippen LogP contribution in [-0.4, -0.2) is 11.4 Å². The van der Waals surface area contributed by atoms with Crippen LogP contribution in [0.1, 0.15) is 398 Å². The zero-order chi connectivity index (χ0) is 58.4. The minimum atomic E-state index is 0. The SMILES string of the molecule is CCCCCCCCCCCCCCCCCCCCCCCCC=CCCCc1ccccc1N=C(CCCC)C(CCCC)=Nc1ccccc1CCCC=CCCCCCCCCCCCCCCCCCCCCCCCC.[Ni]. The molecule has 0 radical (unpaired) electrons. The van der Waals surface area contributed by atoms with Crippen LogP contribution in [0.15, 0.2) is 82.8 Å². The summed E-state index contributed by atoms with van der Waals surface area (Å²) in [6, 6.07) is 17.9. The van der Waals surface area contributed by atoms with E-state index in [1.807, 2.05) is 0 Å². The second-order valence-electron chi connectivity index (χ2n) is 25.7. The largest absolute Gasteiger partial charge is 0.251 e. The van der Waals surface area contributed by atoms with Crippen LogP contribution in [0, 0.1) is 0 Å². The number of rotatable bonds is 63. The van der Waals surface area contributed by atoms with Gasteiger partial charge in [0.05, 0.1) is 22.8 Å². The van der Waals surface area contributed by atoms with E-state index in [4.69, 9.17) is 9.98 Å². The van der Waals surface area contributed by atoms with Crippen LogP contribution in [0.3, 0.4) is 0 Å². The first-order chi connectivity index (χ1) is 40.7.